The lowest BCUT2D eigenvalue weighted by atomic mass is 9.90. The van der Waals surface area contributed by atoms with E-state index in [0.717, 1.165) is 49.9 Å². The minimum atomic E-state index is 0.255. The van der Waals surface area contributed by atoms with Crippen LogP contribution in [-0.2, 0) is 6.42 Å². The number of anilines is 2. The summed E-state index contributed by atoms with van der Waals surface area (Å²) < 4.78 is 0. The highest BCUT2D eigenvalue weighted by Gasteiger charge is 2.37. The van der Waals surface area contributed by atoms with E-state index in [1.807, 2.05) is 6.20 Å². The fourth-order valence-corrected chi connectivity index (χ4v) is 6.90. The number of allylic oxidation sites excluding steroid dienone is 3. The van der Waals surface area contributed by atoms with Crippen LogP contribution in [0.3, 0.4) is 0 Å². The largest absolute Gasteiger partial charge is 0.333 e. The molecule has 200 valence electrons. The molecule has 2 unspecified atom stereocenters. The molecule has 4 nitrogen and oxygen atoms in total. The van der Waals surface area contributed by atoms with Crippen LogP contribution < -0.4 is 4.90 Å². The van der Waals surface area contributed by atoms with E-state index in [1.165, 1.54) is 50.3 Å². The molecule has 5 aliphatic rings. The van der Waals surface area contributed by atoms with Crippen LogP contribution in [0.4, 0.5) is 11.4 Å². The van der Waals surface area contributed by atoms with Gasteiger partial charge in [0.15, 0.2) is 0 Å². The number of fused-ring (bicyclic) bond motifs is 4. The Morgan fingerprint density at radius 3 is 2.34 bits per heavy atom. The molecule has 2 atom stereocenters. The molecule has 0 N–H and O–H groups in total. The first-order valence-electron chi connectivity index (χ1n) is 14.8. The van der Waals surface area contributed by atoms with Gasteiger partial charge >= 0.3 is 0 Å². The molecule has 0 bridgehead atoms. The molecule has 3 aromatic carbocycles. The van der Waals surface area contributed by atoms with Crippen LogP contribution in [0.1, 0.15) is 65.8 Å². The average Bonchev–Trinajstić information content (AvgIpc) is 3.39. The van der Waals surface area contributed by atoms with E-state index in [9.17, 15) is 0 Å². The molecule has 0 saturated carbocycles. The van der Waals surface area contributed by atoms with Gasteiger partial charge in [-0.25, -0.2) is 0 Å². The molecular formula is C37H32N4. The second-order valence-electron chi connectivity index (χ2n) is 11.5. The summed E-state index contributed by atoms with van der Waals surface area (Å²) in [6.07, 6.45) is 21.1. The van der Waals surface area contributed by atoms with Crippen LogP contribution in [0, 0.1) is 0 Å². The van der Waals surface area contributed by atoms with Gasteiger partial charge in [0.2, 0.25) is 0 Å². The fourth-order valence-electron chi connectivity index (χ4n) is 6.90. The number of hydrogen-bond donors (Lipinski definition) is 0. The molecule has 4 heteroatoms. The van der Waals surface area contributed by atoms with Crippen molar-refractivity contribution in [2.45, 2.75) is 50.5 Å². The Morgan fingerprint density at radius 2 is 1.54 bits per heavy atom. The van der Waals surface area contributed by atoms with Crippen LogP contribution in [0.5, 0.6) is 0 Å². The van der Waals surface area contributed by atoms with Gasteiger partial charge in [-0.3, -0.25) is 15.0 Å². The number of benzene rings is 3. The molecule has 0 fully saturated rings. The summed E-state index contributed by atoms with van der Waals surface area (Å²) in [6, 6.07) is 24.8. The Bertz CT molecular complexity index is 1760. The van der Waals surface area contributed by atoms with Gasteiger partial charge in [-0.05, 0) is 102 Å². The Labute approximate surface area is 241 Å². The number of aryl methyl sites for hydroxylation is 1. The summed E-state index contributed by atoms with van der Waals surface area (Å²) >= 11 is 0. The molecule has 0 aromatic heterocycles. The lowest BCUT2D eigenvalue weighted by Gasteiger charge is -2.29. The molecule has 0 spiro atoms. The molecule has 4 heterocycles. The quantitative estimate of drug-likeness (QED) is 0.331. The summed E-state index contributed by atoms with van der Waals surface area (Å²) in [6.45, 7) is 0. The van der Waals surface area contributed by atoms with Crippen molar-refractivity contribution in [3.05, 3.63) is 125 Å². The maximum atomic E-state index is 4.94. The van der Waals surface area contributed by atoms with Gasteiger partial charge in [0, 0.05) is 42.1 Å². The van der Waals surface area contributed by atoms with E-state index in [1.54, 1.807) is 0 Å². The first kappa shape index (κ1) is 24.2. The van der Waals surface area contributed by atoms with Crippen molar-refractivity contribution in [3.63, 3.8) is 0 Å². The van der Waals surface area contributed by atoms with Gasteiger partial charge in [0.05, 0.1) is 17.5 Å². The molecule has 1 aliphatic carbocycles. The smallest absolute Gasteiger partial charge is 0.0659 e. The highest BCUT2D eigenvalue weighted by molar-refractivity contribution is 6.43. The van der Waals surface area contributed by atoms with E-state index in [4.69, 9.17) is 9.98 Å². The highest BCUT2D eigenvalue weighted by Crippen LogP contribution is 2.46. The van der Waals surface area contributed by atoms with Crippen LogP contribution in [0.15, 0.2) is 112 Å². The normalized spacial score (nSPS) is 22.3. The molecule has 0 saturated heterocycles. The topological polar surface area (TPSA) is 40.3 Å². The molecule has 8 rings (SSSR count). The minimum Gasteiger partial charge on any atom is -0.333 e. The molecule has 0 amide bonds. The van der Waals surface area contributed by atoms with Crippen LogP contribution in [0.25, 0.3) is 17.2 Å². The molecule has 41 heavy (non-hydrogen) atoms. The molecular weight excluding hydrogens is 500 g/mol. The maximum absolute atomic E-state index is 4.94. The first-order valence-corrected chi connectivity index (χ1v) is 14.8. The summed E-state index contributed by atoms with van der Waals surface area (Å²) in [7, 11) is 0. The second kappa shape index (κ2) is 10.1. The van der Waals surface area contributed by atoms with Crippen molar-refractivity contribution in [1.82, 2.24) is 0 Å². The number of para-hydroxylation sites is 1. The number of rotatable bonds is 4. The van der Waals surface area contributed by atoms with E-state index in [0.29, 0.717) is 0 Å². The van der Waals surface area contributed by atoms with E-state index in [-0.39, 0.29) is 12.0 Å². The van der Waals surface area contributed by atoms with E-state index in [2.05, 4.69) is 113 Å². The van der Waals surface area contributed by atoms with Crippen molar-refractivity contribution in [3.8, 4) is 0 Å². The van der Waals surface area contributed by atoms with E-state index >= 15 is 0 Å². The van der Waals surface area contributed by atoms with Gasteiger partial charge < -0.3 is 4.90 Å². The van der Waals surface area contributed by atoms with Crippen LogP contribution in [-0.4, -0.2) is 23.7 Å². The number of hydrogen-bond acceptors (Lipinski definition) is 4. The van der Waals surface area contributed by atoms with Gasteiger partial charge in [0.1, 0.15) is 0 Å². The lowest BCUT2D eigenvalue weighted by Crippen LogP contribution is -2.30. The summed E-state index contributed by atoms with van der Waals surface area (Å²) in [5.74, 6) is 0.288. The average molecular weight is 533 g/mol. The third-order valence-electron chi connectivity index (χ3n) is 9.07. The Kier molecular flexibility index (Phi) is 5.98. The predicted molar refractivity (Wildman–Crippen MR) is 172 cm³/mol. The van der Waals surface area contributed by atoms with Crippen molar-refractivity contribution in [2.24, 2.45) is 15.0 Å². The Morgan fingerprint density at radius 1 is 0.732 bits per heavy atom. The summed E-state index contributed by atoms with van der Waals surface area (Å²) in [5.41, 5.74) is 14.1. The summed E-state index contributed by atoms with van der Waals surface area (Å²) in [5, 5.41) is 0. The predicted octanol–water partition coefficient (Wildman–Crippen LogP) is 8.70. The van der Waals surface area contributed by atoms with Gasteiger partial charge in [-0.15, -0.1) is 0 Å². The van der Waals surface area contributed by atoms with Crippen molar-refractivity contribution >= 4 is 46.2 Å². The molecule has 4 aliphatic heterocycles. The van der Waals surface area contributed by atoms with Crippen LogP contribution >= 0.6 is 0 Å². The zero-order chi connectivity index (χ0) is 27.2. The third-order valence-corrected chi connectivity index (χ3v) is 9.07. The fraction of sp³-hybridized carbons (Fsp3) is 0.216. The van der Waals surface area contributed by atoms with E-state index < -0.39 is 0 Å². The second-order valence-corrected chi connectivity index (χ2v) is 11.5. The minimum absolute atomic E-state index is 0.255. The summed E-state index contributed by atoms with van der Waals surface area (Å²) in [4.78, 5) is 16.8. The maximum Gasteiger partial charge on any atom is 0.0659 e. The van der Waals surface area contributed by atoms with Gasteiger partial charge in [0.25, 0.3) is 0 Å². The Hall–Kier alpha value is -4.57. The highest BCUT2D eigenvalue weighted by atomic mass is 15.2. The van der Waals surface area contributed by atoms with Crippen LogP contribution in [0.2, 0.25) is 0 Å². The Balaban J connectivity index is 1.04. The third kappa shape index (κ3) is 4.35. The lowest BCUT2D eigenvalue weighted by molar-refractivity contribution is 0.779. The van der Waals surface area contributed by atoms with Crippen molar-refractivity contribution < 1.29 is 0 Å². The zero-order valence-corrected chi connectivity index (χ0v) is 23.1. The standard InChI is InChI=1S/C37H32N4/c1-2-7-26-20-28(13-12-25(26)6-1)30-15-17-35(40-23-30)34-16-14-29(22-39-34)27-8-5-9-31(21-27)41-36-11-4-3-10-32(36)33-24-38-19-18-37(33)41/h1,3-6,8-13,18-24,33,37H,2,7,14-17H2. The first-order chi connectivity index (χ1) is 20.3. The van der Waals surface area contributed by atoms with Crippen molar-refractivity contribution in [2.75, 3.05) is 4.90 Å². The molecule has 0 radical (unpaired) electrons. The molecule has 3 aromatic rings. The monoisotopic (exact) mass is 532 g/mol. The number of aliphatic imine (C=N–C) groups is 3. The van der Waals surface area contributed by atoms with Crippen molar-refractivity contribution in [1.29, 1.82) is 0 Å². The number of nitrogens with zero attached hydrogens (tertiary/aromatic N) is 4. The van der Waals surface area contributed by atoms with Gasteiger partial charge in [-0.1, -0.05) is 60.7 Å². The SMILES string of the molecule is C1=Cc2ccc(C3=CN=C(C4=NC=C(c5cccc(N6c7ccccc7C7C=NC=CC76)c5)CC4)CC3)cc2CC1. The zero-order valence-electron chi connectivity index (χ0n) is 23.1. The van der Waals surface area contributed by atoms with Gasteiger partial charge in [-0.2, -0.15) is 0 Å².